The topological polar surface area (TPSA) is 95.6 Å². The minimum absolute atomic E-state index is 0.223. The van der Waals surface area contributed by atoms with E-state index in [1.165, 1.54) is 11.3 Å². The molecule has 0 spiro atoms. The molecule has 2 aliphatic rings. The third-order valence-electron chi connectivity index (χ3n) is 5.42. The van der Waals surface area contributed by atoms with Gasteiger partial charge >= 0.3 is 0 Å². The van der Waals surface area contributed by atoms with E-state index in [0.717, 1.165) is 53.8 Å². The zero-order valence-electron chi connectivity index (χ0n) is 17.0. The first-order valence-corrected chi connectivity index (χ1v) is 11.2. The highest BCUT2D eigenvalue weighted by atomic mass is 32.1. The van der Waals surface area contributed by atoms with Crippen LogP contribution >= 0.6 is 11.3 Å². The lowest BCUT2D eigenvalue weighted by molar-refractivity contribution is 0.102. The molecule has 2 N–H and O–H groups in total. The van der Waals surface area contributed by atoms with E-state index in [1.807, 2.05) is 12.1 Å². The number of thiazole rings is 1. The van der Waals surface area contributed by atoms with E-state index in [4.69, 9.17) is 9.47 Å². The molecule has 2 aliphatic heterocycles. The van der Waals surface area contributed by atoms with Crippen molar-refractivity contribution in [3.63, 3.8) is 0 Å². The summed E-state index contributed by atoms with van der Waals surface area (Å²) < 4.78 is 11.1. The molecular formula is C21H24N6O3S. The second kappa shape index (κ2) is 9.04. The summed E-state index contributed by atoms with van der Waals surface area (Å²) in [6, 6.07) is 6.06. The van der Waals surface area contributed by atoms with Crippen molar-refractivity contribution < 1.29 is 14.3 Å². The second-order valence-electron chi connectivity index (χ2n) is 7.35. The highest BCUT2D eigenvalue weighted by Crippen LogP contribution is 2.38. The molecule has 0 atom stereocenters. The number of carbonyl (C=O) groups excluding carboxylic acids is 1. The number of hydrogen-bond donors (Lipinski definition) is 2. The molecule has 5 rings (SSSR count). The molecule has 3 aromatic rings. The average Bonchev–Trinajstić information content (AvgIpc) is 3.52. The van der Waals surface area contributed by atoms with Gasteiger partial charge in [0.2, 0.25) is 0 Å². The molecule has 0 unspecified atom stereocenters. The largest absolute Gasteiger partial charge is 0.378 e. The fraction of sp³-hybridized carbons (Fsp3) is 0.381. The molecule has 2 aromatic heterocycles. The van der Waals surface area contributed by atoms with E-state index < -0.39 is 0 Å². The van der Waals surface area contributed by atoms with Gasteiger partial charge in [0, 0.05) is 43.3 Å². The van der Waals surface area contributed by atoms with Crippen LogP contribution in [0.25, 0.3) is 10.6 Å². The summed E-state index contributed by atoms with van der Waals surface area (Å²) in [6.45, 7) is 5.97. The second-order valence-corrected chi connectivity index (χ2v) is 8.21. The number of carbonyl (C=O) groups is 1. The summed E-state index contributed by atoms with van der Waals surface area (Å²) in [5.41, 5.74) is 4.19. The third kappa shape index (κ3) is 4.27. The number of aromatic nitrogens is 3. The Morgan fingerprint density at radius 3 is 2.52 bits per heavy atom. The maximum atomic E-state index is 13.1. The Bertz CT molecular complexity index is 1030. The predicted molar refractivity (Wildman–Crippen MR) is 120 cm³/mol. The fourth-order valence-electron chi connectivity index (χ4n) is 3.88. The van der Waals surface area contributed by atoms with Gasteiger partial charge in [-0.1, -0.05) is 6.07 Å². The van der Waals surface area contributed by atoms with Crippen molar-refractivity contribution in [2.24, 2.45) is 0 Å². The zero-order valence-corrected chi connectivity index (χ0v) is 17.9. The number of benzene rings is 1. The van der Waals surface area contributed by atoms with E-state index in [0.29, 0.717) is 32.1 Å². The monoisotopic (exact) mass is 440 g/mol. The zero-order chi connectivity index (χ0) is 21.0. The summed E-state index contributed by atoms with van der Waals surface area (Å²) in [4.78, 5) is 22.2. The van der Waals surface area contributed by atoms with Crippen LogP contribution in [0.4, 0.5) is 17.1 Å². The van der Waals surface area contributed by atoms with Crippen LogP contribution < -0.4 is 15.1 Å². The van der Waals surface area contributed by atoms with E-state index in [9.17, 15) is 4.79 Å². The Hall–Kier alpha value is -2.95. The number of H-pyrrole nitrogens is 1. The Morgan fingerprint density at radius 2 is 1.81 bits per heavy atom. The SMILES string of the molecule is O=C(Nc1cccc(N2CCOCC2)c1N1CCOCC1)c1csc(-c2cn[nH]c2)n1. The van der Waals surface area contributed by atoms with Gasteiger partial charge in [-0.3, -0.25) is 9.89 Å². The number of aromatic amines is 1. The van der Waals surface area contributed by atoms with Gasteiger partial charge in [-0.05, 0) is 12.1 Å². The van der Waals surface area contributed by atoms with Gasteiger partial charge in [0.15, 0.2) is 0 Å². The number of hydrogen-bond acceptors (Lipinski definition) is 8. The Labute approximate surface area is 184 Å². The van der Waals surface area contributed by atoms with Crippen LogP contribution in [0.15, 0.2) is 36.0 Å². The molecule has 9 nitrogen and oxygen atoms in total. The van der Waals surface area contributed by atoms with Crippen molar-refractivity contribution in [2.75, 3.05) is 67.7 Å². The van der Waals surface area contributed by atoms with Crippen LogP contribution in [0.3, 0.4) is 0 Å². The highest BCUT2D eigenvalue weighted by Gasteiger charge is 2.24. The number of amides is 1. The number of nitrogens with zero attached hydrogens (tertiary/aromatic N) is 4. The number of morpholine rings is 2. The molecule has 0 radical (unpaired) electrons. The number of ether oxygens (including phenoxy) is 2. The molecule has 31 heavy (non-hydrogen) atoms. The van der Waals surface area contributed by atoms with Crippen molar-refractivity contribution in [2.45, 2.75) is 0 Å². The van der Waals surface area contributed by atoms with Crippen molar-refractivity contribution in [3.05, 3.63) is 41.7 Å². The molecule has 10 heteroatoms. The highest BCUT2D eigenvalue weighted by molar-refractivity contribution is 7.13. The summed E-state index contributed by atoms with van der Waals surface area (Å²) in [6.07, 6.45) is 3.46. The third-order valence-corrected chi connectivity index (χ3v) is 6.32. The van der Waals surface area contributed by atoms with Gasteiger partial charge < -0.3 is 24.6 Å². The van der Waals surface area contributed by atoms with Gasteiger partial charge in [0.05, 0.1) is 49.7 Å². The molecular weight excluding hydrogens is 416 g/mol. The maximum absolute atomic E-state index is 13.1. The first-order chi connectivity index (χ1) is 15.3. The van der Waals surface area contributed by atoms with E-state index >= 15 is 0 Å². The summed E-state index contributed by atoms with van der Waals surface area (Å²) in [5, 5.41) is 12.4. The smallest absolute Gasteiger partial charge is 0.275 e. The Kier molecular flexibility index (Phi) is 5.83. The van der Waals surface area contributed by atoms with Crippen LogP contribution in [0.1, 0.15) is 10.5 Å². The quantitative estimate of drug-likeness (QED) is 0.629. The van der Waals surface area contributed by atoms with Crippen LogP contribution in [-0.2, 0) is 9.47 Å². The van der Waals surface area contributed by atoms with E-state index in [2.05, 4.69) is 36.4 Å². The lowest BCUT2D eigenvalue weighted by atomic mass is 10.1. The summed E-state index contributed by atoms with van der Waals surface area (Å²) in [5.74, 6) is -0.223. The molecule has 1 amide bonds. The molecule has 4 heterocycles. The van der Waals surface area contributed by atoms with Gasteiger partial charge in [-0.2, -0.15) is 5.10 Å². The summed E-state index contributed by atoms with van der Waals surface area (Å²) >= 11 is 1.42. The van der Waals surface area contributed by atoms with Crippen LogP contribution in [0, 0.1) is 0 Å². The molecule has 2 saturated heterocycles. The minimum Gasteiger partial charge on any atom is -0.378 e. The fourth-order valence-corrected chi connectivity index (χ4v) is 4.66. The number of para-hydroxylation sites is 1. The predicted octanol–water partition coefficient (Wildman–Crippen LogP) is 2.46. The van der Waals surface area contributed by atoms with Gasteiger partial charge in [0.25, 0.3) is 5.91 Å². The van der Waals surface area contributed by atoms with Crippen LogP contribution in [-0.4, -0.2) is 73.7 Å². The first kappa shape index (κ1) is 20.0. The molecule has 2 fully saturated rings. The Balaban J connectivity index is 1.44. The van der Waals surface area contributed by atoms with Gasteiger partial charge in [-0.15, -0.1) is 11.3 Å². The van der Waals surface area contributed by atoms with Crippen LogP contribution in [0.5, 0.6) is 0 Å². The lowest BCUT2D eigenvalue weighted by Gasteiger charge is -2.37. The standard InChI is InChI=1S/C21H24N6O3S/c28-20(17-14-31-21(25-17)15-12-22-23-13-15)24-16-2-1-3-18(26-4-8-29-9-5-26)19(16)27-6-10-30-11-7-27/h1-3,12-14H,4-11H2,(H,22,23)(H,24,28). The molecule has 0 bridgehead atoms. The average molecular weight is 441 g/mol. The van der Waals surface area contributed by atoms with Crippen LogP contribution in [0.2, 0.25) is 0 Å². The van der Waals surface area contributed by atoms with Crippen molar-refractivity contribution in [1.82, 2.24) is 15.2 Å². The molecule has 1 aromatic carbocycles. The molecule has 162 valence electrons. The van der Waals surface area contributed by atoms with Gasteiger partial charge in [0.1, 0.15) is 10.7 Å². The number of nitrogens with one attached hydrogen (secondary N) is 2. The lowest BCUT2D eigenvalue weighted by Crippen LogP contribution is -2.40. The minimum atomic E-state index is -0.223. The van der Waals surface area contributed by atoms with Crippen molar-refractivity contribution in [3.8, 4) is 10.6 Å². The molecule has 0 aliphatic carbocycles. The van der Waals surface area contributed by atoms with Crippen molar-refractivity contribution in [1.29, 1.82) is 0 Å². The van der Waals surface area contributed by atoms with E-state index in [-0.39, 0.29) is 5.91 Å². The number of anilines is 3. The number of rotatable bonds is 5. The first-order valence-electron chi connectivity index (χ1n) is 10.3. The Morgan fingerprint density at radius 1 is 1.06 bits per heavy atom. The summed E-state index contributed by atoms with van der Waals surface area (Å²) in [7, 11) is 0. The maximum Gasteiger partial charge on any atom is 0.275 e. The molecule has 0 saturated carbocycles. The van der Waals surface area contributed by atoms with E-state index in [1.54, 1.807) is 17.8 Å². The van der Waals surface area contributed by atoms with Gasteiger partial charge in [-0.25, -0.2) is 4.98 Å². The van der Waals surface area contributed by atoms with Crippen molar-refractivity contribution >= 4 is 34.3 Å². The normalized spacial score (nSPS) is 17.0.